The van der Waals surface area contributed by atoms with Gasteiger partial charge in [-0.15, -0.1) is 0 Å². The molecule has 0 unspecified atom stereocenters. The summed E-state index contributed by atoms with van der Waals surface area (Å²) in [5.41, 5.74) is 0.279. The van der Waals surface area contributed by atoms with Crippen molar-refractivity contribution in [2.45, 2.75) is 25.7 Å². The molecule has 1 aromatic rings. The van der Waals surface area contributed by atoms with E-state index in [1.165, 1.54) is 18.6 Å². The van der Waals surface area contributed by atoms with E-state index in [9.17, 15) is 4.79 Å². The van der Waals surface area contributed by atoms with Crippen molar-refractivity contribution in [3.63, 3.8) is 0 Å². The second-order valence-electron chi connectivity index (χ2n) is 4.44. The number of unbranched alkanes of at least 4 members (excludes halogenated alkanes) is 3. The number of hydrogen-bond donors (Lipinski definition) is 2. The zero-order valence-electron chi connectivity index (χ0n) is 12.0. The van der Waals surface area contributed by atoms with Crippen molar-refractivity contribution in [2.24, 2.45) is 0 Å². The number of nitrogens with zero attached hydrogens (tertiary/aromatic N) is 1. The van der Waals surface area contributed by atoms with Gasteiger partial charge in [-0.1, -0.05) is 24.4 Å². The van der Waals surface area contributed by atoms with E-state index in [2.05, 4.69) is 21.9 Å². The number of carbonyl (C=O) groups is 1. The van der Waals surface area contributed by atoms with Crippen molar-refractivity contribution in [2.75, 3.05) is 30.9 Å². The second kappa shape index (κ2) is 9.88. The summed E-state index contributed by atoms with van der Waals surface area (Å²) in [7, 11) is 1.76. The second-order valence-corrected chi connectivity index (χ2v) is 5.83. The summed E-state index contributed by atoms with van der Waals surface area (Å²) in [6.07, 6.45) is 6.70. The Kier molecular flexibility index (Phi) is 8.46. The lowest BCUT2D eigenvalue weighted by Crippen LogP contribution is -2.26. The molecule has 1 aromatic heterocycles. The molecule has 1 rings (SSSR count). The highest BCUT2D eigenvalue weighted by atomic mass is 35.5. The van der Waals surface area contributed by atoms with Crippen LogP contribution >= 0.6 is 23.4 Å². The topological polar surface area (TPSA) is 54.0 Å². The van der Waals surface area contributed by atoms with Crippen molar-refractivity contribution in [1.29, 1.82) is 0 Å². The number of rotatable bonds is 9. The number of aromatic nitrogens is 1. The molecule has 0 bridgehead atoms. The standard InChI is InChI=1S/C14H22ClN3OS/c1-16-12-8-7-11(15)13(18-12)14(19)17-9-5-3-4-6-10-20-2/h7-8H,3-6,9-10H2,1-2H3,(H,16,18)(H,17,19). The van der Waals surface area contributed by atoms with Crippen LogP contribution in [0.15, 0.2) is 12.1 Å². The first-order chi connectivity index (χ1) is 9.69. The minimum absolute atomic E-state index is 0.212. The molecule has 0 saturated heterocycles. The summed E-state index contributed by atoms with van der Waals surface area (Å²) >= 11 is 7.87. The predicted octanol–water partition coefficient (Wildman–Crippen LogP) is 3.43. The van der Waals surface area contributed by atoms with Gasteiger partial charge in [0.25, 0.3) is 5.91 Å². The summed E-state index contributed by atoms with van der Waals surface area (Å²) in [4.78, 5) is 16.2. The number of carbonyl (C=O) groups excluding carboxylic acids is 1. The van der Waals surface area contributed by atoms with Gasteiger partial charge in [-0.05, 0) is 37.0 Å². The van der Waals surface area contributed by atoms with Gasteiger partial charge in [0, 0.05) is 13.6 Å². The van der Waals surface area contributed by atoms with Crippen LogP contribution in [0.5, 0.6) is 0 Å². The van der Waals surface area contributed by atoms with Crippen molar-refractivity contribution in [1.82, 2.24) is 10.3 Å². The number of halogens is 1. The van der Waals surface area contributed by atoms with Gasteiger partial charge in [-0.2, -0.15) is 11.8 Å². The van der Waals surface area contributed by atoms with E-state index in [0.29, 0.717) is 17.4 Å². The number of pyridine rings is 1. The third kappa shape index (κ3) is 6.01. The zero-order chi connectivity index (χ0) is 14.8. The first kappa shape index (κ1) is 17.1. The third-order valence-electron chi connectivity index (χ3n) is 2.88. The van der Waals surface area contributed by atoms with Crippen molar-refractivity contribution in [3.8, 4) is 0 Å². The summed E-state index contributed by atoms with van der Waals surface area (Å²) in [5.74, 6) is 1.63. The molecular weight excluding hydrogens is 294 g/mol. The molecule has 0 saturated carbocycles. The van der Waals surface area contributed by atoms with Crippen LogP contribution in [0.4, 0.5) is 5.82 Å². The maximum Gasteiger partial charge on any atom is 0.271 e. The first-order valence-electron chi connectivity index (χ1n) is 6.80. The SMILES string of the molecule is CNc1ccc(Cl)c(C(=O)NCCCCCCSC)n1. The van der Waals surface area contributed by atoms with Crippen LogP contribution in [-0.4, -0.2) is 36.5 Å². The lowest BCUT2D eigenvalue weighted by molar-refractivity contribution is 0.0948. The zero-order valence-corrected chi connectivity index (χ0v) is 13.6. The van der Waals surface area contributed by atoms with E-state index < -0.39 is 0 Å². The van der Waals surface area contributed by atoms with E-state index in [1.54, 1.807) is 19.2 Å². The highest BCUT2D eigenvalue weighted by Crippen LogP contribution is 2.16. The minimum atomic E-state index is -0.212. The summed E-state index contributed by atoms with van der Waals surface area (Å²) < 4.78 is 0. The molecule has 2 N–H and O–H groups in total. The Morgan fingerprint density at radius 2 is 2.05 bits per heavy atom. The van der Waals surface area contributed by atoms with Gasteiger partial charge in [0.2, 0.25) is 0 Å². The molecular formula is C14H22ClN3OS. The lowest BCUT2D eigenvalue weighted by Gasteiger charge is -2.07. The molecule has 6 heteroatoms. The molecule has 1 heterocycles. The summed E-state index contributed by atoms with van der Waals surface area (Å²) in [6.45, 7) is 0.667. The number of amides is 1. The fraction of sp³-hybridized carbons (Fsp3) is 0.571. The smallest absolute Gasteiger partial charge is 0.271 e. The van der Waals surface area contributed by atoms with Crippen LogP contribution in [0, 0.1) is 0 Å². The Labute approximate surface area is 130 Å². The number of thioether (sulfide) groups is 1. The Balaban J connectivity index is 2.32. The van der Waals surface area contributed by atoms with E-state index in [-0.39, 0.29) is 11.6 Å². The van der Waals surface area contributed by atoms with Gasteiger partial charge in [0.05, 0.1) is 5.02 Å². The van der Waals surface area contributed by atoms with Gasteiger partial charge < -0.3 is 10.6 Å². The van der Waals surface area contributed by atoms with E-state index >= 15 is 0 Å². The molecule has 0 atom stereocenters. The summed E-state index contributed by atoms with van der Waals surface area (Å²) in [5, 5.41) is 6.13. The Morgan fingerprint density at radius 3 is 2.75 bits per heavy atom. The molecule has 0 spiro atoms. The number of hydrogen-bond acceptors (Lipinski definition) is 4. The fourth-order valence-electron chi connectivity index (χ4n) is 1.75. The van der Waals surface area contributed by atoms with Gasteiger partial charge in [-0.3, -0.25) is 4.79 Å². The lowest BCUT2D eigenvalue weighted by atomic mass is 10.2. The minimum Gasteiger partial charge on any atom is -0.373 e. The predicted molar refractivity (Wildman–Crippen MR) is 88.0 cm³/mol. The maximum absolute atomic E-state index is 12.0. The van der Waals surface area contributed by atoms with Crippen LogP contribution in [0.25, 0.3) is 0 Å². The van der Waals surface area contributed by atoms with E-state index in [0.717, 1.165) is 12.8 Å². The van der Waals surface area contributed by atoms with Gasteiger partial charge in [0.1, 0.15) is 11.5 Å². The number of anilines is 1. The van der Waals surface area contributed by atoms with Crippen LogP contribution in [-0.2, 0) is 0 Å². The van der Waals surface area contributed by atoms with Gasteiger partial charge in [-0.25, -0.2) is 4.98 Å². The molecule has 0 aromatic carbocycles. The molecule has 0 radical (unpaired) electrons. The first-order valence-corrected chi connectivity index (χ1v) is 8.57. The molecule has 1 amide bonds. The quantitative estimate of drug-likeness (QED) is 0.686. The van der Waals surface area contributed by atoms with Crippen LogP contribution in [0.1, 0.15) is 36.2 Å². The van der Waals surface area contributed by atoms with E-state index in [1.807, 2.05) is 11.8 Å². The molecule has 0 aliphatic rings. The fourth-order valence-corrected chi connectivity index (χ4v) is 2.44. The number of nitrogens with one attached hydrogen (secondary N) is 2. The van der Waals surface area contributed by atoms with Gasteiger partial charge >= 0.3 is 0 Å². The van der Waals surface area contributed by atoms with Crippen molar-refractivity contribution in [3.05, 3.63) is 22.8 Å². The van der Waals surface area contributed by atoms with E-state index in [4.69, 9.17) is 11.6 Å². The average Bonchev–Trinajstić information content (AvgIpc) is 2.46. The largest absolute Gasteiger partial charge is 0.373 e. The normalized spacial score (nSPS) is 10.3. The highest BCUT2D eigenvalue weighted by Gasteiger charge is 2.12. The molecule has 112 valence electrons. The molecule has 4 nitrogen and oxygen atoms in total. The van der Waals surface area contributed by atoms with Crippen LogP contribution < -0.4 is 10.6 Å². The highest BCUT2D eigenvalue weighted by molar-refractivity contribution is 7.98. The molecule has 0 aliphatic heterocycles. The average molecular weight is 316 g/mol. The Morgan fingerprint density at radius 1 is 1.30 bits per heavy atom. The maximum atomic E-state index is 12.0. The Hall–Kier alpha value is -0.940. The van der Waals surface area contributed by atoms with Crippen molar-refractivity contribution < 1.29 is 4.79 Å². The van der Waals surface area contributed by atoms with Crippen molar-refractivity contribution >= 4 is 35.1 Å². The summed E-state index contributed by atoms with van der Waals surface area (Å²) in [6, 6.07) is 3.42. The van der Waals surface area contributed by atoms with Gasteiger partial charge in [0.15, 0.2) is 0 Å². The monoisotopic (exact) mass is 315 g/mol. The third-order valence-corrected chi connectivity index (χ3v) is 3.88. The van der Waals surface area contributed by atoms with Crippen LogP contribution in [0.3, 0.4) is 0 Å². The molecule has 0 fully saturated rings. The Bertz CT molecular complexity index is 429. The molecule has 0 aliphatic carbocycles. The molecule has 20 heavy (non-hydrogen) atoms. The van der Waals surface area contributed by atoms with Crippen LogP contribution in [0.2, 0.25) is 5.02 Å².